The van der Waals surface area contributed by atoms with Crippen molar-refractivity contribution >= 4 is 0 Å². The highest BCUT2D eigenvalue weighted by Crippen LogP contribution is 2.18. The second-order valence-electron chi connectivity index (χ2n) is 4.13. The highest BCUT2D eigenvalue weighted by Gasteiger charge is 2.17. The Balaban J connectivity index is 2.32. The zero-order chi connectivity index (χ0) is 9.68. The van der Waals surface area contributed by atoms with Gasteiger partial charge < -0.3 is 4.74 Å². The maximum atomic E-state index is 5.60. The lowest BCUT2D eigenvalue weighted by atomic mass is 10.0. The van der Waals surface area contributed by atoms with Gasteiger partial charge in [0.05, 0.1) is 0 Å². The van der Waals surface area contributed by atoms with E-state index in [0.29, 0.717) is 6.23 Å². The predicted octanol–water partition coefficient (Wildman–Crippen LogP) is 2.49. The zero-order valence-corrected chi connectivity index (χ0v) is 9.25. The Hall–Kier alpha value is -0.0800. The minimum atomic E-state index is 0.315. The first-order chi connectivity index (χ1) is 6.24. The van der Waals surface area contributed by atoms with E-state index < -0.39 is 0 Å². The van der Waals surface area contributed by atoms with Gasteiger partial charge in [-0.3, -0.25) is 4.90 Å². The first-order valence-electron chi connectivity index (χ1n) is 5.59. The molecule has 2 atom stereocenters. The van der Waals surface area contributed by atoms with E-state index in [-0.39, 0.29) is 0 Å². The number of likely N-dealkylation sites (tertiary alicyclic amines) is 1. The molecule has 0 aromatic carbocycles. The summed E-state index contributed by atoms with van der Waals surface area (Å²) in [7, 11) is 0. The van der Waals surface area contributed by atoms with E-state index in [9.17, 15) is 0 Å². The van der Waals surface area contributed by atoms with Crippen LogP contribution < -0.4 is 0 Å². The fourth-order valence-electron chi connectivity index (χ4n) is 2.00. The molecule has 0 saturated carbocycles. The van der Waals surface area contributed by atoms with Gasteiger partial charge in [0.25, 0.3) is 0 Å². The van der Waals surface area contributed by atoms with E-state index in [2.05, 4.69) is 25.7 Å². The van der Waals surface area contributed by atoms with Gasteiger partial charge in [0.15, 0.2) is 0 Å². The summed E-state index contributed by atoms with van der Waals surface area (Å²) in [5, 5.41) is 0. The van der Waals surface area contributed by atoms with E-state index in [1.54, 1.807) is 0 Å². The van der Waals surface area contributed by atoms with Crippen molar-refractivity contribution in [2.75, 3.05) is 19.7 Å². The van der Waals surface area contributed by atoms with Crippen molar-refractivity contribution in [3.8, 4) is 0 Å². The van der Waals surface area contributed by atoms with Crippen LogP contribution in [0.1, 0.15) is 40.0 Å². The van der Waals surface area contributed by atoms with Crippen molar-refractivity contribution in [2.24, 2.45) is 5.92 Å². The van der Waals surface area contributed by atoms with Crippen molar-refractivity contribution in [1.29, 1.82) is 0 Å². The lowest BCUT2D eigenvalue weighted by Gasteiger charge is -2.27. The summed E-state index contributed by atoms with van der Waals surface area (Å²) < 4.78 is 5.60. The molecule has 13 heavy (non-hydrogen) atoms. The molecule has 0 radical (unpaired) electrons. The molecule has 0 bridgehead atoms. The lowest BCUT2D eigenvalue weighted by molar-refractivity contribution is -0.0406. The van der Waals surface area contributed by atoms with Gasteiger partial charge in [-0.2, -0.15) is 0 Å². The van der Waals surface area contributed by atoms with Crippen molar-refractivity contribution in [1.82, 2.24) is 4.90 Å². The second-order valence-corrected chi connectivity index (χ2v) is 4.13. The molecule has 2 nitrogen and oxygen atoms in total. The van der Waals surface area contributed by atoms with Crippen molar-refractivity contribution in [3.05, 3.63) is 0 Å². The van der Waals surface area contributed by atoms with Crippen LogP contribution in [0.3, 0.4) is 0 Å². The Morgan fingerprint density at radius 2 is 2.15 bits per heavy atom. The molecule has 0 amide bonds. The molecule has 1 fully saturated rings. The maximum absolute atomic E-state index is 5.60. The second kappa shape index (κ2) is 5.61. The fourth-order valence-corrected chi connectivity index (χ4v) is 2.00. The Bertz CT molecular complexity index is 138. The fraction of sp³-hybridized carbons (Fsp3) is 1.00. The number of nitrogens with zero attached hydrogens (tertiary/aromatic N) is 1. The Labute approximate surface area is 82.3 Å². The average Bonchev–Trinajstić information content (AvgIpc) is 2.30. The summed E-state index contributed by atoms with van der Waals surface area (Å²) >= 11 is 0. The molecule has 78 valence electrons. The third kappa shape index (κ3) is 3.65. The zero-order valence-electron chi connectivity index (χ0n) is 9.25. The molecule has 0 spiro atoms. The minimum absolute atomic E-state index is 0.315. The van der Waals surface area contributed by atoms with Gasteiger partial charge in [-0.05, 0) is 39.0 Å². The highest BCUT2D eigenvalue weighted by atomic mass is 16.5. The Morgan fingerprint density at radius 3 is 2.85 bits per heavy atom. The van der Waals surface area contributed by atoms with E-state index >= 15 is 0 Å². The molecule has 2 heteroatoms. The topological polar surface area (TPSA) is 12.5 Å². The van der Waals surface area contributed by atoms with Crippen LogP contribution in [-0.2, 0) is 4.74 Å². The van der Waals surface area contributed by atoms with Gasteiger partial charge in [-0.25, -0.2) is 0 Å². The molecule has 1 aliphatic rings. The van der Waals surface area contributed by atoms with Gasteiger partial charge in [0.2, 0.25) is 0 Å². The summed E-state index contributed by atoms with van der Waals surface area (Å²) in [6, 6.07) is 0. The van der Waals surface area contributed by atoms with Gasteiger partial charge in [0, 0.05) is 19.7 Å². The van der Waals surface area contributed by atoms with Crippen LogP contribution in [0.5, 0.6) is 0 Å². The summed E-state index contributed by atoms with van der Waals surface area (Å²) in [6.45, 7) is 9.84. The third-order valence-corrected chi connectivity index (χ3v) is 2.97. The summed E-state index contributed by atoms with van der Waals surface area (Å²) in [5.41, 5.74) is 0. The number of rotatable bonds is 3. The van der Waals surface area contributed by atoms with Crippen molar-refractivity contribution < 1.29 is 4.74 Å². The molecule has 1 heterocycles. The van der Waals surface area contributed by atoms with E-state index in [1.807, 2.05) is 0 Å². The Kier molecular flexibility index (Phi) is 4.74. The standard InChI is InChI=1S/C11H23NO/c1-4-13-11(3)12-8-5-6-10(2)7-9-12/h10-11H,4-9H2,1-3H3. The minimum Gasteiger partial charge on any atom is -0.364 e. The normalized spacial score (nSPS) is 28.4. The summed E-state index contributed by atoms with van der Waals surface area (Å²) in [6.07, 6.45) is 4.36. The van der Waals surface area contributed by atoms with E-state index in [1.165, 1.54) is 32.4 Å². The van der Waals surface area contributed by atoms with Crippen LogP contribution in [0.25, 0.3) is 0 Å². The van der Waals surface area contributed by atoms with Gasteiger partial charge in [-0.15, -0.1) is 0 Å². The van der Waals surface area contributed by atoms with Crippen LogP contribution in [-0.4, -0.2) is 30.8 Å². The number of hydrogen-bond acceptors (Lipinski definition) is 2. The molecular formula is C11H23NO. The van der Waals surface area contributed by atoms with E-state index in [0.717, 1.165) is 12.5 Å². The van der Waals surface area contributed by atoms with E-state index in [4.69, 9.17) is 4.74 Å². The van der Waals surface area contributed by atoms with Gasteiger partial charge in [-0.1, -0.05) is 6.92 Å². The highest BCUT2D eigenvalue weighted by molar-refractivity contribution is 4.68. The lowest BCUT2D eigenvalue weighted by Crippen LogP contribution is -2.35. The van der Waals surface area contributed by atoms with Crippen molar-refractivity contribution in [3.63, 3.8) is 0 Å². The molecule has 2 unspecified atom stereocenters. The molecule has 0 aliphatic carbocycles. The van der Waals surface area contributed by atoms with Gasteiger partial charge >= 0.3 is 0 Å². The maximum Gasteiger partial charge on any atom is 0.107 e. The molecule has 1 rings (SSSR count). The average molecular weight is 185 g/mol. The molecule has 0 aromatic rings. The van der Waals surface area contributed by atoms with Crippen molar-refractivity contribution in [2.45, 2.75) is 46.3 Å². The number of ether oxygens (including phenoxy) is 1. The molecule has 0 N–H and O–H groups in total. The summed E-state index contributed by atoms with van der Waals surface area (Å²) in [5.74, 6) is 0.902. The third-order valence-electron chi connectivity index (χ3n) is 2.97. The quantitative estimate of drug-likeness (QED) is 0.670. The summed E-state index contributed by atoms with van der Waals surface area (Å²) in [4.78, 5) is 2.47. The first-order valence-corrected chi connectivity index (χ1v) is 5.59. The van der Waals surface area contributed by atoms with Crippen LogP contribution in [0.15, 0.2) is 0 Å². The number of hydrogen-bond donors (Lipinski definition) is 0. The molecule has 1 aliphatic heterocycles. The smallest absolute Gasteiger partial charge is 0.107 e. The molecule has 0 aromatic heterocycles. The van der Waals surface area contributed by atoms with Crippen LogP contribution in [0.4, 0.5) is 0 Å². The van der Waals surface area contributed by atoms with Gasteiger partial charge in [0.1, 0.15) is 6.23 Å². The van der Waals surface area contributed by atoms with Crippen LogP contribution >= 0.6 is 0 Å². The molecular weight excluding hydrogens is 162 g/mol. The SMILES string of the molecule is CCOC(C)N1CCCC(C)CC1. The molecule has 1 saturated heterocycles. The largest absolute Gasteiger partial charge is 0.364 e. The van der Waals surface area contributed by atoms with Crippen LogP contribution in [0.2, 0.25) is 0 Å². The van der Waals surface area contributed by atoms with Crippen LogP contribution in [0, 0.1) is 5.92 Å². The Morgan fingerprint density at radius 1 is 1.38 bits per heavy atom. The first kappa shape index (κ1) is 11.0. The monoisotopic (exact) mass is 185 g/mol. The predicted molar refractivity (Wildman–Crippen MR) is 55.7 cm³/mol.